The second-order valence-corrected chi connectivity index (χ2v) is 11.7. The third-order valence-electron chi connectivity index (χ3n) is 5.55. The Morgan fingerprint density at radius 1 is 1.14 bits per heavy atom. The lowest BCUT2D eigenvalue weighted by atomic mass is 10.0. The van der Waals surface area contributed by atoms with E-state index in [1.54, 1.807) is 6.07 Å². The van der Waals surface area contributed by atoms with E-state index < -0.39 is 16.1 Å². The normalized spacial score (nSPS) is 12.4. The first kappa shape index (κ1) is 28.3. The molecule has 0 saturated heterocycles. The minimum Gasteiger partial charge on any atom is -0.354 e. The van der Waals surface area contributed by atoms with E-state index in [1.165, 1.54) is 36.6 Å². The van der Waals surface area contributed by atoms with Gasteiger partial charge >= 0.3 is 0 Å². The van der Waals surface area contributed by atoms with Crippen LogP contribution in [0.1, 0.15) is 41.9 Å². The molecule has 1 heterocycles. The molecule has 2 N–H and O–H groups in total. The van der Waals surface area contributed by atoms with Crippen molar-refractivity contribution in [3.8, 4) is 6.07 Å². The number of carbonyl (C=O) groups excluding carboxylic acids is 2. The summed E-state index contributed by atoms with van der Waals surface area (Å²) in [6, 6.07) is 16.5. The Hall–Kier alpha value is -3.30. The number of amides is 2. The maximum absolute atomic E-state index is 12.9. The number of rotatable bonds is 12. The van der Waals surface area contributed by atoms with Gasteiger partial charge in [-0.1, -0.05) is 48.6 Å². The van der Waals surface area contributed by atoms with Crippen LogP contribution in [0.2, 0.25) is 0 Å². The van der Waals surface area contributed by atoms with Gasteiger partial charge in [-0.25, -0.2) is 8.42 Å². The molecule has 0 radical (unpaired) electrons. The first-order valence-electron chi connectivity index (χ1n) is 11.8. The van der Waals surface area contributed by atoms with E-state index >= 15 is 0 Å². The van der Waals surface area contributed by atoms with Crippen LogP contribution in [0.5, 0.6) is 0 Å². The number of carbonyl (C=O) groups is 2. The van der Waals surface area contributed by atoms with Gasteiger partial charge in [0.15, 0.2) is 0 Å². The molecule has 0 bridgehead atoms. The minimum absolute atomic E-state index is 0.0174. The van der Waals surface area contributed by atoms with Crippen molar-refractivity contribution in [2.75, 3.05) is 20.2 Å². The smallest absolute Gasteiger partial charge is 0.266 e. The number of benzene rings is 2. The van der Waals surface area contributed by atoms with E-state index in [2.05, 4.69) is 10.6 Å². The zero-order valence-corrected chi connectivity index (χ0v) is 22.6. The van der Waals surface area contributed by atoms with E-state index in [1.807, 2.05) is 50.2 Å². The molecule has 2 amide bonds. The van der Waals surface area contributed by atoms with Gasteiger partial charge < -0.3 is 10.6 Å². The molecule has 196 valence electrons. The molecule has 0 aliphatic rings. The van der Waals surface area contributed by atoms with Crippen molar-refractivity contribution in [1.82, 2.24) is 15.1 Å². The second-order valence-electron chi connectivity index (χ2n) is 8.77. The van der Waals surface area contributed by atoms with Crippen LogP contribution < -0.4 is 10.6 Å². The fourth-order valence-corrected chi connectivity index (χ4v) is 6.17. The summed E-state index contributed by atoms with van der Waals surface area (Å²) in [7, 11) is -2.84. The molecule has 2 aromatic carbocycles. The van der Waals surface area contributed by atoms with E-state index in [9.17, 15) is 23.3 Å². The Balaban J connectivity index is 1.59. The maximum Gasteiger partial charge on any atom is 0.266 e. The van der Waals surface area contributed by atoms with Gasteiger partial charge in [-0.15, -0.1) is 11.3 Å². The van der Waals surface area contributed by atoms with Gasteiger partial charge in [0.25, 0.3) is 15.9 Å². The highest BCUT2D eigenvalue weighted by atomic mass is 32.2. The zero-order valence-electron chi connectivity index (χ0n) is 20.9. The van der Waals surface area contributed by atoms with Crippen molar-refractivity contribution in [3.05, 3.63) is 65.0 Å². The fourth-order valence-electron chi connectivity index (χ4n) is 3.77. The number of nitrogens with zero attached hydrogens (tertiary/aromatic N) is 2. The van der Waals surface area contributed by atoms with Crippen LogP contribution >= 0.6 is 11.3 Å². The van der Waals surface area contributed by atoms with Gasteiger partial charge in [0.2, 0.25) is 5.91 Å². The SMILES string of the molecule is CON(CCCNC(=O)[C@H](CC(C)C)NC(=O)c1cc2ccccc2s1)S(=O)(=O)c1ccccc1C#N. The minimum atomic E-state index is -4.06. The number of fused-ring (bicyclic) bond motifs is 1. The highest BCUT2D eigenvalue weighted by Crippen LogP contribution is 2.25. The van der Waals surface area contributed by atoms with Crippen molar-refractivity contribution in [2.45, 2.75) is 37.6 Å². The number of hydrogen-bond acceptors (Lipinski definition) is 7. The Kier molecular flexibility index (Phi) is 9.77. The summed E-state index contributed by atoms with van der Waals surface area (Å²) < 4.78 is 27.7. The number of sulfonamides is 1. The third kappa shape index (κ3) is 7.14. The molecular formula is C26H30N4O5S2. The van der Waals surface area contributed by atoms with Crippen LogP contribution in [0.15, 0.2) is 59.5 Å². The third-order valence-corrected chi connectivity index (χ3v) is 8.45. The predicted molar refractivity (Wildman–Crippen MR) is 142 cm³/mol. The van der Waals surface area contributed by atoms with Crippen molar-refractivity contribution in [1.29, 1.82) is 5.26 Å². The molecule has 3 aromatic rings. The molecule has 9 nitrogen and oxygen atoms in total. The van der Waals surface area contributed by atoms with Crippen LogP contribution in [-0.4, -0.2) is 50.9 Å². The number of nitriles is 1. The van der Waals surface area contributed by atoms with Crippen LogP contribution in [-0.2, 0) is 19.7 Å². The second kappa shape index (κ2) is 12.8. The lowest BCUT2D eigenvalue weighted by Crippen LogP contribution is -2.47. The Labute approximate surface area is 221 Å². The lowest BCUT2D eigenvalue weighted by Gasteiger charge is -2.21. The van der Waals surface area contributed by atoms with Crippen molar-refractivity contribution < 1.29 is 22.8 Å². The molecule has 0 fully saturated rings. The molecular weight excluding hydrogens is 512 g/mol. The van der Waals surface area contributed by atoms with E-state index in [0.29, 0.717) is 11.3 Å². The lowest BCUT2D eigenvalue weighted by molar-refractivity contribution is -0.123. The predicted octanol–water partition coefficient (Wildman–Crippen LogP) is 3.68. The highest BCUT2D eigenvalue weighted by molar-refractivity contribution is 7.89. The molecule has 37 heavy (non-hydrogen) atoms. The van der Waals surface area contributed by atoms with Crippen LogP contribution in [0.3, 0.4) is 0 Å². The average molecular weight is 543 g/mol. The molecule has 0 saturated carbocycles. The van der Waals surface area contributed by atoms with Gasteiger partial charge in [0.1, 0.15) is 17.0 Å². The van der Waals surface area contributed by atoms with Gasteiger partial charge in [0.05, 0.1) is 17.6 Å². The van der Waals surface area contributed by atoms with Crippen molar-refractivity contribution in [2.24, 2.45) is 5.92 Å². The Morgan fingerprint density at radius 3 is 2.51 bits per heavy atom. The number of hydroxylamine groups is 1. The van der Waals surface area contributed by atoms with Gasteiger partial charge in [0, 0.05) is 17.8 Å². The largest absolute Gasteiger partial charge is 0.354 e. The number of thiophene rings is 1. The van der Waals surface area contributed by atoms with Gasteiger partial charge in [-0.05, 0) is 48.4 Å². The van der Waals surface area contributed by atoms with Crippen LogP contribution in [0.25, 0.3) is 10.1 Å². The molecule has 1 atom stereocenters. The summed E-state index contributed by atoms with van der Waals surface area (Å²) in [4.78, 5) is 31.2. The molecule has 1 aromatic heterocycles. The fraction of sp³-hybridized carbons (Fsp3) is 0.346. The first-order valence-corrected chi connectivity index (χ1v) is 14.1. The highest BCUT2D eigenvalue weighted by Gasteiger charge is 2.27. The van der Waals surface area contributed by atoms with E-state index in [4.69, 9.17) is 4.84 Å². The summed E-state index contributed by atoms with van der Waals surface area (Å²) in [5, 5.41) is 15.8. The summed E-state index contributed by atoms with van der Waals surface area (Å²) in [5.41, 5.74) is 0.0174. The summed E-state index contributed by atoms with van der Waals surface area (Å²) in [6.45, 7) is 4.06. The van der Waals surface area contributed by atoms with Gasteiger partial charge in [-0.2, -0.15) is 5.26 Å². The monoisotopic (exact) mass is 542 g/mol. The van der Waals surface area contributed by atoms with Crippen LogP contribution in [0, 0.1) is 17.2 Å². The Bertz CT molecular complexity index is 1360. The number of nitrogens with one attached hydrogen (secondary N) is 2. The van der Waals surface area contributed by atoms with Gasteiger partial charge in [-0.3, -0.25) is 14.4 Å². The molecule has 0 aliphatic heterocycles. The standard InChI is InChI=1S/C26H30N4O5S2/c1-18(2)15-21(29-26(32)23-16-19-9-4-6-11-22(19)36-23)25(31)28-13-8-14-30(35-3)37(33,34)24-12-7-5-10-20(24)17-27/h4-7,9-12,16,18,21H,8,13-15H2,1-3H3,(H,28,31)(H,29,32)/t21-/m0/s1. The molecule has 0 spiro atoms. The molecule has 0 unspecified atom stereocenters. The Morgan fingerprint density at radius 2 is 1.84 bits per heavy atom. The summed E-state index contributed by atoms with van der Waals surface area (Å²) in [6.07, 6.45) is 0.707. The number of hydrogen-bond donors (Lipinski definition) is 2. The maximum atomic E-state index is 12.9. The zero-order chi connectivity index (χ0) is 27.0. The topological polar surface area (TPSA) is 129 Å². The molecule has 3 rings (SSSR count). The van der Waals surface area contributed by atoms with E-state index in [0.717, 1.165) is 14.6 Å². The first-order chi connectivity index (χ1) is 17.7. The summed E-state index contributed by atoms with van der Waals surface area (Å²) in [5.74, 6) is -0.493. The van der Waals surface area contributed by atoms with Crippen molar-refractivity contribution >= 4 is 43.3 Å². The average Bonchev–Trinajstić information content (AvgIpc) is 3.32. The quantitative estimate of drug-likeness (QED) is 0.265. The molecule has 11 heteroatoms. The van der Waals surface area contributed by atoms with Crippen molar-refractivity contribution in [3.63, 3.8) is 0 Å². The van der Waals surface area contributed by atoms with Crippen LogP contribution in [0.4, 0.5) is 0 Å². The summed E-state index contributed by atoms with van der Waals surface area (Å²) >= 11 is 1.37. The van der Waals surface area contributed by atoms with E-state index in [-0.39, 0.29) is 47.7 Å². The molecule has 0 aliphatic carbocycles.